The van der Waals surface area contributed by atoms with Gasteiger partial charge in [-0.2, -0.15) is 13.2 Å². The Morgan fingerprint density at radius 1 is 1.44 bits per heavy atom. The Morgan fingerprint density at radius 2 is 2.11 bits per heavy atom. The van der Waals surface area contributed by atoms with Gasteiger partial charge in [-0.1, -0.05) is 13.3 Å². The number of rotatable bonds is 5. The molecule has 1 rings (SSSR count). The highest BCUT2D eigenvalue weighted by atomic mass is 19.4. The summed E-state index contributed by atoms with van der Waals surface area (Å²) in [5.74, 6) is -0.154. The van der Waals surface area contributed by atoms with Crippen LogP contribution in [0.4, 0.5) is 13.2 Å². The molecule has 1 aliphatic heterocycles. The molecule has 0 aromatic carbocycles. The fraction of sp³-hybridized carbons (Fsp3) is 0.917. The molecule has 0 spiro atoms. The molecule has 0 saturated carbocycles. The molecule has 1 heterocycles. The molecule has 0 aromatic rings. The van der Waals surface area contributed by atoms with Crippen molar-refractivity contribution < 1.29 is 18.0 Å². The number of carbonyl (C=O) groups is 1. The van der Waals surface area contributed by atoms with E-state index in [-0.39, 0.29) is 12.5 Å². The van der Waals surface area contributed by atoms with Crippen molar-refractivity contribution in [1.29, 1.82) is 0 Å². The monoisotopic (exact) mass is 266 g/mol. The van der Waals surface area contributed by atoms with Gasteiger partial charge in [-0.05, 0) is 19.4 Å². The van der Waals surface area contributed by atoms with E-state index in [1.807, 2.05) is 6.92 Å². The number of nitrogens with one attached hydrogen (secondary N) is 1. The Labute approximate surface area is 106 Å². The van der Waals surface area contributed by atoms with Crippen LogP contribution in [0.5, 0.6) is 0 Å². The Morgan fingerprint density at radius 3 is 2.56 bits per heavy atom. The van der Waals surface area contributed by atoms with Gasteiger partial charge in [0.2, 0.25) is 5.91 Å². The number of alkyl halides is 3. The van der Waals surface area contributed by atoms with Gasteiger partial charge < -0.3 is 10.2 Å². The molecule has 0 aliphatic carbocycles. The fourth-order valence-corrected chi connectivity index (χ4v) is 2.53. The third-order valence-corrected chi connectivity index (χ3v) is 3.50. The summed E-state index contributed by atoms with van der Waals surface area (Å²) in [4.78, 5) is 13.5. The van der Waals surface area contributed by atoms with E-state index in [0.29, 0.717) is 6.54 Å². The van der Waals surface area contributed by atoms with Crippen LogP contribution in [0, 0.1) is 5.41 Å². The van der Waals surface area contributed by atoms with Crippen molar-refractivity contribution in [3.05, 3.63) is 0 Å². The van der Waals surface area contributed by atoms with Gasteiger partial charge in [0.1, 0.15) is 0 Å². The van der Waals surface area contributed by atoms with Crippen LogP contribution >= 0.6 is 0 Å². The highest BCUT2D eigenvalue weighted by Gasteiger charge is 2.42. The third-order valence-electron chi connectivity index (χ3n) is 3.50. The van der Waals surface area contributed by atoms with Crippen LogP contribution in [-0.2, 0) is 4.79 Å². The van der Waals surface area contributed by atoms with Crippen LogP contribution in [-0.4, -0.2) is 43.7 Å². The van der Waals surface area contributed by atoms with Gasteiger partial charge >= 0.3 is 6.18 Å². The summed E-state index contributed by atoms with van der Waals surface area (Å²) in [6.45, 7) is 3.08. The average Bonchev–Trinajstić information content (AvgIpc) is 2.74. The molecule has 1 fully saturated rings. The molecule has 1 atom stereocenters. The molecular formula is C12H21F3N2O. The molecule has 1 saturated heterocycles. The molecule has 18 heavy (non-hydrogen) atoms. The van der Waals surface area contributed by atoms with Crippen LogP contribution in [0.2, 0.25) is 0 Å². The molecule has 1 N–H and O–H groups in total. The van der Waals surface area contributed by atoms with E-state index in [2.05, 4.69) is 5.32 Å². The SMILES string of the molecule is CCCC1(C(=O)N(C)CCC(F)(F)F)CCNC1. The predicted octanol–water partition coefficient (Wildman–Crippen LogP) is 2.18. The minimum absolute atomic E-state index is 0.154. The van der Waals surface area contributed by atoms with Gasteiger partial charge in [-0.25, -0.2) is 0 Å². The summed E-state index contributed by atoms with van der Waals surface area (Å²) in [5, 5.41) is 3.14. The normalized spacial score (nSPS) is 24.3. The predicted molar refractivity (Wildman–Crippen MR) is 63.1 cm³/mol. The van der Waals surface area contributed by atoms with Crippen molar-refractivity contribution in [2.75, 3.05) is 26.7 Å². The Hall–Kier alpha value is -0.780. The molecule has 0 aromatic heterocycles. The van der Waals surface area contributed by atoms with E-state index in [4.69, 9.17) is 0 Å². The van der Waals surface area contributed by atoms with Crippen LogP contribution < -0.4 is 5.32 Å². The summed E-state index contributed by atoms with van der Waals surface area (Å²) >= 11 is 0. The van der Waals surface area contributed by atoms with E-state index in [0.717, 1.165) is 25.8 Å². The molecule has 106 valence electrons. The first kappa shape index (κ1) is 15.3. The lowest BCUT2D eigenvalue weighted by Crippen LogP contribution is -2.44. The number of halogens is 3. The van der Waals surface area contributed by atoms with Crippen molar-refractivity contribution >= 4 is 5.91 Å². The number of carbonyl (C=O) groups excluding carboxylic acids is 1. The van der Waals surface area contributed by atoms with Crippen molar-refractivity contribution in [1.82, 2.24) is 10.2 Å². The van der Waals surface area contributed by atoms with Crippen LogP contribution in [0.15, 0.2) is 0 Å². The Bertz CT molecular complexity index is 286. The topological polar surface area (TPSA) is 32.3 Å². The van der Waals surface area contributed by atoms with Crippen LogP contribution in [0.25, 0.3) is 0 Å². The summed E-state index contributed by atoms with van der Waals surface area (Å²) in [5.41, 5.74) is -0.491. The molecule has 6 heteroatoms. The molecular weight excluding hydrogens is 245 g/mol. The van der Waals surface area contributed by atoms with E-state index in [9.17, 15) is 18.0 Å². The lowest BCUT2D eigenvalue weighted by atomic mass is 9.81. The lowest BCUT2D eigenvalue weighted by molar-refractivity contribution is -0.149. The van der Waals surface area contributed by atoms with E-state index >= 15 is 0 Å². The van der Waals surface area contributed by atoms with Crippen molar-refractivity contribution in [3.63, 3.8) is 0 Å². The molecule has 3 nitrogen and oxygen atoms in total. The zero-order valence-corrected chi connectivity index (χ0v) is 10.9. The lowest BCUT2D eigenvalue weighted by Gasteiger charge is -2.31. The second-order valence-corrected chi connectivity index (χ2v) is 5.05. The molecule has 1 unspecified atom stereocenters. The Kier molecular flexibility index (Phi) is 5.01. The van der Waals surface area contributed by atoms with Gasteiger partial charge in [-0.15, -0.1) is 0 Å². The zero-order valence-electron chi connectivity index (χ0n) is 10.9. The summed E-state index contributed by atoms with van der Waals surface area (Å²) < 4.78 is 36.4. The maximum absolute atomic E-state index is 12.3. The number of hydrogen-bond donors (Lipinski definition) is 1. The first-order chi connectivity index (χ1) is 8.31. The summed E-state index contributed by atoms with van der Waals surface area (Å²) in [6.07, 6.45) is -2.84. The van der Waals surface area contributed by atoms with Gasteiger partial charge in [0.05, 0.1) is 11.8 Å². The highest BCUT2D eigenvalue weighted by molar-refractivity contribution is 5.83. The second kappa shape index (κ2) is 5.91. The number of amides is 1. The van der Waals surface area contributed by atoms with Crippen LogP contribution in [0.1, 0.15) is 32.6 Å². The molecule has 1 amide bonds. The first-order valence-electron chi connectivity index (χ1n) is 6.34. The maximum Gasteiger partial charge on any atom is 0.390 e. The fourth-order valence-electron chi connectivity index (χ4n) is 2.53. The number of nitrogens with zero attached hydrogens (tertiary/aromatic N) is 1. The van der Waals surface area contributed by atoms with E-state index < -0.39 is 18.0 Å². The quantitative estimate of drug-likeness (QED) is 0.827. The summed E-state index contributed by atoms with van der Waals surface area (Å²) in [7, 11) is 1.46. The minimum Gasteiger partial charge on any atom is -0.345 e. The molecule has 1 aliphatic rings. The van der Waals surface area contributed by atoms with Gasteiger partial charge in [0, 0.05) is 20.1 Å². The van der Waals surface area contributed by atoms with Gasteiger partial charge in [0.15, 0.2) is 0 Å². The van der Waals surface area contributed by atoms with Crippen molar-refractivity contribution in [2.24, 2.45) is 5.41 Å². The minimum atomic E-state index is -4.21. The first-order valence-corrected chi connectivity index (χ1v) is 6.34. The van der Waals surface area contributed by atoms with Gasteiger partial charge in [-0.3, -0.25) is 4.79 Å². The van der Waals surface area contributed by atoms with E-state index in [1.54, 1.807) is 0 Å². The molecule has 0 bridgehead atoms. The summed E-state index contributed by atoms with van der Waals surface area (Å²) in [6, 6.07) is 0. The maximum atomic E-state index is 12.3. The average molecular weight is 266 g/mol. The number of hydrogen-bond acceptors (Lipinski definition) is 2. The smallest absolute Gasteiger partial charge is 0.345 e. The van der Waals surface area contributed by atoms with Crippen molar-refractivity contribution in [2.45, 2.75) is 38.8 Å². The molecule has 0 radical (unpaired) electrons. The van der Waals surface area contributed by atoms with Gasteiger partial charge in [0.25, 0.3) is 0 Å². The van der Waals surface area contributed by atoms with E-state index in [1.165, 1.54) is 11.9 Å². The second-order valence-electron chi connectivity index (χ2n) is 5.05. The van der Waals surface area contributed by atoms with Crippen molar-refractivity contribution in [3.8, 4) is 0 Å². The highest BCUT2D eigenvalue weighted by Crippen LogP contribution is 2.33. The largest absolute Gasteiger partial charge is 0.390 e. The van der Waals surface area contributed by atoms with Crippen LogP contribution in [0.3, 0.4) is 0 Å². The zero-order chi connectivity index (χ0) is 13.8. The standard InChI is InChI=1S/C12H21F3N2O/c1-3-4-11(5-7-16-9-11)10(18)17(2)8-6-12(13,14)15/h16H,3-9H2,1-2H3. The Balaban J connectivity index is 2.60. The third kappa shape index (κ3) is 3.86.